The highest BCUT2D eigenvalue weighted by Gasteiger charge is 2.50. The molecule has 0 amide bonds. The Hall–Kier alpha value is -6.78. The first-order valence-corrected chi connectivity index (χ1v) is 27.9. The maximum Gasteiger partial charge on any atom is 0.252 e. The summed E-state index contributed by atoms with van der Waals surface area (Å²) in [5, 5.41) is 0. The highest BCUT2D eigenvalue weighted by Crippen LogP contribution is 2.58. The number of benzene rings is 8. The van der Waals surface area contributed by atoms with Crippen molar-refractivity contribution in [3.63, 3.8) is 0 Å². The lowest BCUT2D eigenvalue weighted by molar-refractivity contribution is 0.332. The summed E-state index contributed by atoms with van der Waals surface area (Å²) in [6.45, 7) is 34.3. The number of hydrogen-bond donors (Lipinski definition) is 0. The molecule has 0 unspecified atom stereocenters. The Kier molecular flexibility index (Phi) is 10.1. The van der Waals surface area contributed by atoms with Crippen LogP contribution in [0.3, 0.4) is 0 Å². The minimum absolute atomic E-state index is 0.0213. The van der Waals surface area contributed by atoms with E-state index in [2.05, 4.69) is 269 Å². The molecular weight excluding hydrogens is 906 g/mol. The molecule has 2 heterocycles. The summed E-state index contributed by atoms with van der Waals surface area (Å²) in [5.74, 6) is 0. The molecule has 4 heteroatoms. The number of anilines is 9. The van der Waals surface area contributed by atoms with Crippen molar-refractivity contribution in [3.05, 3.63) is 202 Å². The zero-order chi connectivity index (χ0) is 52.5. The van der Waals surface area contributed by atoms with E-state index in [1.54, 1.807) is 0 Å². The second kappa shape index (κ2) is 15.9. The first-order chi connectivity index (χ1) is 35.5. The van der Waals surface area contributed by atoms with Gasteiger partial charge in [0, 0.05) is 50.9 Å². The van der Waals surface area contributed by atoms with Crippen molar-refractivity contribution >= 4 is 74.3 Å². The molecule has 0 radical (unpaired) electrons. The first kappa shape index (κ1) is 47.9. The van der Waals surface area contributed by atoms with Crippen LogP contribution in [0.4, 0.5) is 51.2 Å². The van der Waals surface area contributed by atoms with Crippen LogP contribution in [-0.4, -0.2) is 6.71 Å². The number of rotatable bonds is 5. The molecule has 0 saturated heterocycles. The molecule has 3 nitrogen and oxygen atoms in total. The molecular formula is C71H74BN3. The van der Waals surface area contributed by atoms with E-state index in [0.717, 1.165) is 36.3 Å². The van der Waals surface area contributed by atoms with Crippen LogP contribution in [0.25, 0.3) is 11.1 Å². The van der Waals surface area contributed by atoms with Crippen molar-refractivity contribution in [1.29, 1.82) is 0 Å². The van der Waals surface area contributed by atoms with Gasteiger partial charge in [0.15, 0.2) is 0 Å². The smallest absolute Gasteiger partial charge is 0.252 e. The Bertz CT molecular complexity index is 3640. The molecule has 3 aliphatic carbocycles. The fraction of sp³-hybridized carbons (Fsp3) is 0.324. The number of nitrogens with zero attached hydrogens (tertiary/aromatic N) is 3. The largest absolute Gasteiger partial charge is 0.311 e. The molecule has 13 rings (SSSR count). The van der Waals surface area contributed by atoms with E-state index in [9.17, 15) is 0 Å². The molecule has 0 fully saturated rings. The number of fused-ring (bicyclic) bond motifs is 9. The lowest BCUT2D eigenvalue weighted by Crippen LogP contribution is -2.62. The van der Waals surface area contributed by atoms with Gasteiger partial charge < -0.3 is 14.7 Å². The van der Waals surface area contributed by atoms with E-state index < -0.39 is 0 Å². The van der Waals surface area contributed by atoms with Gasteiger partial charge in [-0.3, -0.25) is 0 Å². The molecule has 0 atom stereocenters. The van der Waals surface area contributed by atoms with Gasteiger partial charge in [0.25, 0.3) is 6.71 Å². The molecule has 0 spiro atoms. The van der Waals surface area contributed by atoms with E-state index in [-0.39, 0.29) is 39.2 Å². The fourth-order valence-electron chi connectivity index (χ4n) is 15.1. The van der Waals surface area contributed by atoms with Crippen molar-refractivity contribution < 1.29 is 0 Å². The number of hydrogen-bond acceptors (Lipinski definition) is 3. The summed E-state index contributed by atoms with van der Waals surface area (Å²) in [5.41, 5.74) is 29.0. The minimum atomic E-state index is -0.253. The Labute approximate surface area is 448 Å². The summed E-state index contributed by atoms with van der Waals surface area (Å²) in [4.78, 5) is 7.92. The van der Waals surface area contributed by atoms with Gasteiger partial charge in [0.1, 0.15) is 0 Å². The second-order valence-corrected chi connectivity index (χ2v) is 27.3. The number of para-hydroxylation sites is 2. The molecule has 8 aromatic carbocycles. The third kappa shape index (κ3) is 6.99. The van der Waals surface area contributed by atoms with Gasteiger partial charge in [-0.05, 0) is 192 Å². The maximum atomic E-state index is 2.76. The third-order valence-electron chi connectivity index (χ3n) is 18.9. The number of aryl methyl sites for hydroxylation is 1. The van der Waals surface area contributed by atoms with E-state index in [0.29, 0.717) is 0 Å². The van der Waals surface area contributed by atoms with Gasteiger partial charge >= 0.3 is 0 Å². The highest BCUT2D eigenvalue weighted by atomic mass is 15.2. The lowest BCUT2D eigenvalue weighted by Gasteiger charge is -2.48. The van der Waals surface area contributed by atoms with Crippen molar-refractivity contribution in [1.82, 2.24) is 0 Å². The second-order valence-electron chi connectivity index (χ2n) is 27.3. The summed E-state index contributed by atoms with van der Waals surface area (Å²) in [6, 6.07) is 61.3. The van der Waals surface area contributed by atoms with Crippen LogP contribution in [-0.2, 0) is 32.5 Å². The van der Waals surface area contributed by atoms with Gasteiger partial charge in [-0.25, -0.2) is 0 Å². The summed E-state index contributed by atoms with van der Waals surface area (Å²) >= 11 is 0. The predicted octanol–water partition coefficient (Wildman–Crippen LogP) is 17.5. The van der Waals surface area contributed by atoms with Gasteiger partial charge in [0.2, 0.25) is 0 Å². The van der Waals surface area contributed by atoms with E-state index in [1.807, 2.05) is 0 Å². The van der Waals surface area contributed by atoms with Crippen LogP contribution in [0.1, 0.15) is 154 Å². The predicted molar refractivity (Wildman–Crippen MR) is 322 cm³/mol. The molecule has 0 aromatic heterocycles. The first-order valence-electron chi connectivity index (χ1n) is 27.9. The Balaban J connectivity index is 1.18. The average Bonchev–Trinajstić information content (AvgIpc) is 3.73. The maximum absolute atomic E-state index is 2.76. The van der Waals surface area contributed by atoms with Crippen LogP contribution < -0.4 is 31.1 Å². The minimum Gasteiger partial charge on any atom is -0.311 e. The summed E-state index contributed by atoms with van der Waals surface area (Å²) in [7, 11) is 0. The van der Waals surface area contributed by atoms with Crippen LogP contribution in [0.15, 0.2) is 158 Å². The van der Waals surface area contributed by atoms with E-state index >= 15 is 0 Å². The van der Waals surface area contributed by atoms with Crippen molar-refractivity contribution in [2.45, 2.75) is 149 Å². The molecule has 376 valence electrons. The summed E-state index contributed by atoms with van der Waals surface area (Å²) in [6.07, 6.45) is 3.45. The standard InChI is InChI=1S/C71H74BN3/c1-44-36-52-55(70(11,12)43-69(52,9)10)41-59(44)75-61-42-54-53(67(5,6)34-35-68(54,7)8)40-57(61)72-56-33-32-48(73(46-24-17-15-18-25-46)47-26-19-16-20-27-47)39-60(56)74(62-37-45(66(2,3)4)38-63(75)65(62)72)58-31-23-29-50-49-28-21-22-30-51(49)71(13,14)64(50)58/h15-33,36-42H,34-35,43H2,1-14H3. The lowest BCUT2D eigenvalue weighted by atomic mass is 9.33. The Morgan fingerprint density at radius 2 is 0.947 bits per heavy atom. The van der Waals surface area contributed by atoms with Gasteiger partial charge in [0.05, 0.1) is 5.69 Å². The van der Waals surface area contributed by atoms with Crippen LogP contribution in [0.2, 0.25) is 0 Å². The Morgan fingerprint density at radius 1 is 0.427 bits per heavy atom. The molecule has 0 bridgehead atoms. The zero-order valence-corrected chi connectivity index (χ0v) is 47.1. The quantitative estimate of drug-likeness (QED) is 0.159. The van der Waals surface area contributed by atoms with Gasteiger partial charge in [-0.2, -0.15) is 0 Å². The van der Waals surface area contributed by atoms with Crippen LogP contribution in [0, 0.1) is 6.92 Å². The van der Waals surface area contributed by atoms with E-state index in [4.69, 9.17) is 0 Å². The SMILES string of the molecule is Cc1cc2c(cc1N1c3cc4c(cc3B3c5ccc(N(c6ccccc6)c6ccccc6)cc5N(c5cccc6c5C(C)(C)c5ccccc5-6)c5cc(C(C)(C)C)cc1c53)C(C)(C)CCC4(C)C)C(C)(C)CC2(C)C. The molecule has 75 heavy (non-hydrogen) atoms. The topological polar surface area (TPSA) is 9.72 Å². The average molecular weight is 980 g/mol. The third-order valence-corrected chi connectivity index (χ3v) is 18.9. The van der Waals surface area contributed by atoms with Crippen molar-refractivity contribution in [2.75, 3.05) is 14.7 Å². The highest BCUT2D eigenvalue weighted by molar-refractivity contribution is 7.00. The molecule has 5 aliphatic rings. The molecule has 0 saturated carbocycles. The fourth-order valence-corrected chi connectivity index (χ4v) is 15.1. The van der Waals surface area contributed by atoms with Gasteiger partial charge in [-0.15, -0.1) is 0 Å². The van der Waals surface area contributed by atoms with Gasteiger partial charge in [-0.1, -0.05) is 181 Å². The molecule has 8 aromatic rings. The zero-order valence-electron chi connectivity index (χ0n) is 47.1. The monoisotopic (exact) mass is 980 g/mol. The van der Waals surface area contributed by atoms with Crippen LogP contribution in [0.5, 0.6) is 0 Å². The molecule has 0 N–H and O–H groups in total. The van der Waals surface area contributed by atoms with Crippen LogP contribution >= 0.6 is 0 Å². The van der Waals surface area contributed by atoms with Crippen molar-refractivity contribution in [2.24, 2.45) is 0 Å². The summed E-state index contributed by atoms with van der Waals surface area (Å²) < 4.78 is 0. The molecule has 2 aliphatic heterocycles. The van der Waals surface area contributed by atoms with E-state index in [1.165, 1.54) is 106 Å². The van der Waals surface area contributed by atoms with Crippen molar-refractivity contribution in [3.8, 4) is 11.1 Å². The normalized spacial score (nSPS) is 18.3. The Morgan fingerprint density at radius 3 is 1.57 bits per heavy atom.